The molecule has 0 aromatic rings. The van der Waals surface area contributed by atoms with Crippen LogP contribution >= 0.6 is 0 Å². The monoisotopic (exact) mass is 154 g/mol. The zero-order valence-corrected chi connectivity index (χ0v) is 6.84. The second kappa shape index (κ2) is 2.48. The van der Waals surface area contributed by atoms with Gasteiger partial charge < -0.3 is 10.2 Å². The average Bonchev–Trinajstić information content (AvgIpc) is 2.45. The normalized spacial score (nSPS) is 41.0. The van der Waals surface area contributed by atoms with Crippen molar-refractivity contribution in [1.29, 1.82) is 0 Å². The van der Waals surface area contributed by atoms with Gasteiger partial charge in [0.2, 0.25) is 5.91 Å². The fourth-order valence-corrected chi connectivity index (χ4v) is 2.21. The molecule has 0 saturated carbocycles. The lowest BCUT2D eigenvalue weighted by molar-refractivity contribution is -0.119. The van der Waals surface area contributed by atoms with E-state index in [1.165, 1.54) is 19.5 Å². The average molecular weight is 154 g/mol. The molecule has 2 aliphatic rings. The topological polar surface area (TPSA) is 32.3 Å². The summed E-state index contributed by atoms with van der Waals surface area (Å²) >= 11 is 0. The van der Waals surface area contributed by atoms with Crippen molar-refractivity contribution in [2.45, 2.75) is 19.4 Å². The molecule has 2 saturated heterocycles. The van der Waals surface area contributed by atoms with E-state index < -0.39 is 0 Å². The molecule has 2 aliphatic heterocycles. The Balaban J connectivity index is 1.92. The van der Waals surface area contributed by atoms with E-state index in [9.17, 15) is 4.79 Å². The lowest BCUT2D eigenvalue weighted by atomic mass is 10.0. The van der Waals surface area contributed by atoms with Crippen LogP contribution in [0, 0.1) is 5.92 Å². The molecule has 2 bridgehead atoms. The number of hydrogen-bond acceptors (Lipinski definition) is 2. The van der Waals surface area contributed by atoms with Crippen LogP contribution in [0.5, 0.6) is 0 Å². The van der Waals surface area contributed by atoms with Crippen LogP contribution in [0.2, 0.25) is 0 Å². The van der Waals surface area contributed by atoms with Crippen LogP contribution in [0.1, 0.15) is 13.3 Å². The van der Waals surface area contributed by atoms with Gasteiger partial charge >= 0.3 is 0 Å². The molecule has 11 heavy (non-hydrogen) atoms. The molecule has 3 atom stereocenters. The molecule has 3 nitrogen and oxygen atoms in total. The Bertz CT molecular complexity index is 181. The van der Waals surface area contributed by atoms with E-state index in [1.807, 2.05) is 0 Å². The molecule has 0 aromatic carbocycles. The predicted molar refractivity (Wildman–Crippen MR) is 42.2 cm³/mol. The maximum absolute atomic E-state index is 10.7. The van der Waals surface area contributed by atoms with Gasteiger partial charge in [-0.05, 0) is 18.9 Å². The molecule has 0 spiro atoms. The number of rotatable bonds is 1. The van der Waals surface area contributed by atoms with Gasteiger partial charge in [-0.1, -0.05) is 0 Å². The van der Waals surface area contributed by atoms with E-state index in [0.717, 1.165) is 12.5 Å². The highest BCUT2D eigenvalue weighted by Crippen LogP contribution is 2.27. The summed E-state index contributed by atoms with van der Waals surface area (Å²) in [7, 11) is 0. The molecule has 0 radical (unpaired) electrons. The van der Waals surface area contributed by atoms with Gasteiger partial charge in [0.15, 0.2) is 0 Å². The van der Waals surface area contributed by atoms with Crippen molar-refractivity contribution in [1.82, 2.24) is 10.2 Å². The van der Waals surface area contributed by atoms with Gasteiger partial charge in [-0.25, -0.2) is 0 Å². The van der Waals surface area contributed by atoms with Crippen molar-refractivity contribution < 1.29 is 4.79 Å². The summed E-state index contributed by atoms with van der Waals surface area (Å²) in [5.41, 5.74) is 0. The fourth-order valence-electron chi connectivity index (χ4n) is 2.21. The second-order valence-corrected chi connectivity index (χ2v) is 3.62. The van der Waals surface area contributed by atoms with Gasteiger partial charge in [0.1, 0.15) is 0 Å². The van der Waals surface area contributed by atoms with Crippen molar-refractivity contribution >= 4 is 5.91 Å². The molecule has 3 heteroatoms. The first-order valence-electron chi connectivity index (χ1n) is 4.25. The SMILES string of the molecule is CC(=O)NC1CN2CC[C@@H]1C2. The van der Waals surface area contributed by atoms with E-state index in [0.29, 0.717) is 6.04 Å². The van der Waals surface area contributed by atoms with Crippen LogP contribution in [-0.2, 0) is 4.79 Å². The summed E-state index contributed by atoms with van der Waals surface area (Å²) in [5, 5.41) is 2.99. The number of piperidine rings is 1. The third kappa shape index (κ3) is 1.25. The van der Waals surface area contributed by atoms with Crippen molar-refractivity contribution in [3.63, 3.8) is 0 Å². The standard InChI is InChI=1S/C8H14N2O/c1-6(11)9-8-5-10-3-2-7(8)4-10/h7-8H,2-5H2,1H3,(H,9,11)/t7-,8?/m1/s1. The molecule has 0 aliphatic carbocycles. The van der Waals surface area contributed by atoms with Gasteiger partial charge in [-0.15, -0.1) is 0 Å². The van der Waals surface area contributed by atoms with Crippen LogP contribution < -0.4 is 5.32 Å². The highest BCUT2D eigenvalue weighted by molar-refractivity contribution is 5.73. The largest absolute Gasteiger partial charge is 0.352 e. The summed E-state index contributed by atoms with van der Waals surface area (Å²) in [6.07, 6.45) is 1.27. The van der Waals surface area contributed by atoms with Crippen LogP contribution in [0.15, 0.2) is 0 Å². The Labute approximate surface area is 66.8 Å². The molecule has 2 fully saturated rings. The van der Waals surface area contributed by atoms with Crippen LogP contribution in [0.3, 0.4) is 0 Å². The molecule has 2 heterocycles. The molecule has 0 aromatic heterocycles. The molecule has 2 unspecified atom stereocenters. The Morgan fingerprint density at radius 1 is 1.55 bits per heavy atom. The first kappa shape index (κ1) is 7.10. The molecule has 1 amide bonds. The van der Waals surface area contributed by atoms with Crippen molar-refractivity contribution in [2.24, 2.45) is 5.92 Å². The van der Waals surface area contributed by atoms with E-state index in [2.05, 4.69) is 10.2 Å². The highest BCUT2D eigenvalue weighted by Gasteiger charge is 2.37. The number of nitrogens with one attached hydrogen (secondary N) is 1. The van der Waals surface area contributed by atoms with Crippen LogP contribution in [-0.4, -0.2) is 36.5 Å². The molecular weight excluding hydrogens is 140 g/mol. The summed E-state index contributed by atoms with van der Waals surface area (Å²) in [6.45, 7) is 5.11. The number of nitrogens with zero attached hydrogens (tertiary/aromatic N) is 1. The molecule has 1 N–H and O–H groups in total. The van der Waals surface area contributed by atoms with Crippen LogP contribution in [0.4, 0.5) is 0 Å². The van der Waals surface area contributed by atoms with Crippen LogP contribution in [0.25, 0.3) is 0 Å². The van der Waals surface area contributed by atoms with Crippen molar-refractivity contribution in [3.05, 3.63) is 0 Å². The third-order valence-corrected chi connectivity index (χ3v) is 2.72. The predicted octanol–water partition coefficient (Wildman–Crippen LogP) is -0.173. The lowest BCUT2D eigenvalue weighted by Gasteiger charge is -2.22. The van der Waals surface area contributed by atoms with Gasteiger partial charge in [0.25, 0.3) is 0 Å². The summed E-state index contributed by atoms with van der Waals surface area (Å²) < 4.78 is 0. The summed E-state index contributed by atoms with van der Waals surface area (Å²) in [6, 6.07) is 0.446. The van der Waals surface area contributed by atoms with Crippen molar-refractivity contribution in [3.8, 4) is 0 Å². The van der Waals surface area contributed by atoms with Gasteiger partial charge in [-0.2, -0.15) is 0 Å². The minimum Gasteiger partial charge on any atom is -0.352 e. The first-order chi connectivity index (χ1) is 5.25. The maximum atomic E-state index is 10.7. The number of carbonyl (C=O) groups excluding carboxylic acids is 1. The van der Waals surface area contributed by atoms with E-state index >= 15 is 0 Å². The second-order valence-electron chi connectivity index (χ2n) is 3.62. The lowest BCUT2D eigenvalue weighted by Crippen LogP contribution is -2.42. The molecule has 62 valence electrons. The smallest absolute Gasteiger partial charge is 0.217 e. The van der Waals surface area contributed by atoms with E-state index in [-0.39, 0.29) is 5.91 Å². The Kier molecular flexibility index (Phi) is 1.60. The summed E-state index contributed by atoms with van der Waals surface area (Å²) in [4.78, 5) is 13.2. The minimum atomic E-state index is 0.115. The number of amides is 1. The maximum Gasteiger partial charge on any atom is 0.217 e. The van der Waals surface area contributed by atoms with Gasteiger partial charge in [0.05, 0.1) is 0 Å². The quantitative estimate of drug-likeness (QED) is 0.568. The van der Waals surface area contributed by atoms with E-state index in [1.54, 1.807) is 6.92 Å². The zero-order chi connectivity index (χ0) is 7.84. The first-order valence-corrected chi connectivity index (χ1v) is 4.25. The van der Waals surface area contributed by atoms with Gasteiger partial charge in [0, 0.05) is 26.1 Å². The minimum absolute atomic E-state index is 0.115. The molecular formula is C8H14N2O. The summed E-state index contributed by atoms with van der Waals surface area (Å²) in [5.74, 6) is 0.850. The third-order valence-electron chi connectivity index (χ3n) is 2.72. The fraction of sp³-hybridized carbons (Fsp3) is 0.875. The Hall–Kier alpha value is -0.570. The van der Waals surface area contributed by atoms with Crippen molar-refractivity contribution in [2.75, 3.05) is 19.6 Å². The number of carbonyl (C=O) groups is 1. The highest BCUT2D eigenvalue weighted by atomic mass is 16.1. The molecule has 2 rings (SSSR count). The Morgan fingerprint density at radius 3 is 2.82 bits per heavy atom. The van der Waals surface area contributed by atoms with E-state index in [4.69, 9.17) is 0 Å². The number of fused-ring (bicyclic) bond motifs is 2. The number of hydrogen-bond donors (Lipinski definition) is 1. The zero-order valence-electron chi connectivity index (χ0n) is 6.84. The Morgan fingerprint density at radius 2 is 2.36 bits per heavy atom. The van der Waals surface area contributed by atoms with Gasteiger partial charge in [-0.3, -0.25) is 4.79 Å².